The summed E-state index contributed by atoms with van der Waals surface area (Å²) in [5, 5.41) is 8.85. The predicted octanol–water partition coefficient (Wildman–Crippen LogP) is 2.37. The number of carbonyl (C=O) groups excluding carboxylic acids is 1. The zero-order chi connectivity index (χ0) is 19.5. The number of carbonyl (C=O) groups is 2. The Bertz CT molecular complexity index is 806. The normalized spacial score (nSPS) is 26.1. The van der Waals surface area contributed by atoms with Crippen molar-refractivity contribution in [3.8, 4) is 5.75 Å². The summed E-state index contributed by atoms with van der Waals surface area (Å²) in [5.74, 6) is -0.388. The molecule has 0 bridgehead atoms. The Kier molecular flexibility index (Phi) is 6.95. The lowest BCUT2D eigenvalue weighted by molar-refractivity contribution is -0.137. The van der Waals surface area contributed by atoms with Gasteiger partial charge in [0, 0.05) is 25.2 Å². The molecule has 3 unspecified atom stereocenters. The molecule has 1 fully saturated rings. The zero-order valence-electron chi connectivity index (χ0n) is 15.9. The third kappa shape index (κ3) is 4.98. The van der Waals surface area contributed by atoms with Crippen LogP contribution in [0.25, 0.3) is 0 Å². The van der Waals surface area contributed by atoms with E-state index in [-0.39, 0.29) is 36.6 Å². The van der Waals surface area contributed by atoms with Gasteiger partial charge in [-0.05, 0) is 23.8 Å². The second-order valence-corrected chi connectivity index (χ2v) is 7.18. The van der Waals surface area contributed by atoms with Crippen molar-refractivity contribution in [1.82, 2.24) is 4.90 Å². The highest BCUT2D eigenvalue weighted by Crippen LogP contribution is 2.29. The summed E-state index contributed by atoms with van der Waals surface area (Å²) in [6.07, 6.45) is 4.71. The van der Waals surface area contributed by atoms with Crippen molar-refractivity contribution in [2.75, 3.05) is 32.8 Å². The number of allylic oxidation sites excluding steroid dienone is 1. The standard InChI is InChI=1S/C21H23NO6.ClH/c23-20(24)7-8-22-9-10-27-19(11-22)14-1-4-16(5-2-14)28-18-6-3-15-12-26-13-17(15)21(18)25;/h1-6,12,17-19H,7-11,13H2,(H,23,24);1H. The van der Waals surface area contributed by atoms with Crippen LogP contribution in [0.15, 0.2) is 48.3 Å². The Morgan fingerprint density at radius 1 is 1.28 bits per heavy atom. The van der Waals surface area contributed by atoms with Gasteiger partial charge in [-0.15, -0.1) is 12.4 Å². The van der Waals surface area contributed by atoms with E-state index >= 15 is 0 Å². The quantitative estimate of drug-likeness (QED) is 0.754. The summed E-state index contributed by atoms with van der Waals surface area (Å²) in [4.78, 5) is 25.4. The topological polar surface area (TPSA) is 85.3 Å². The lowest BCUT2D eigenvalue weighted by Gasteiger charge is -2.32. The van der Waals surface area contributed by atoms with E-state index in [1.54, 1.807) is 12.3 Å². The van der Waals surface area contributed by atoms with Crippen LogP contribution in [0.4, 0.5) is 0 Å². The van der Waals surface area contributed by atoms with Gasteiger partial charge in [0.1, 0.15) is 12.4 Å². The molecule has 0 saturated carbocycles. The smallest absolute Gasteiger partial charge is 0.304 e. The Morgan fingerprint density at radius 2 is 2.07 bits per heavy atom. The average molecular weight is 422 g/mol. The van der Waals surface area contributed by atoms with E-state index in [0.29, 0.717) is 32.1 Å². The van der Waals surface area contributed by atoms with Crippen LogP contribution >= 0.6 is 12.4 Å². The van der Waals surface area contributed by atoms with Gasteiger partial charge < -0.3 is 19.3 Å². The SMILES string of the molecule is Cl.O=C(O)CCN1CCOC(c2ccc(OC3C=CC4=COCC4C3=O)cc2)C1. The molecule has 2 heterocycles. The molecule has 2 aliphatic heterocycles. The fourth-order valence-electron chi connectivity index (χ4n) is 3.68. The van der Waals surface area contributed by atoms with Crippen molar-refractivity contribution >= 4 is 24.2 Å². The molecule has 0 amide bonds. The average Bonchev–Trinajstić information content (AvgIpc) is 3.19. The maximum Gasteiger partial charge on any atom is 0.304 e. The highest BCUT2D eigenvalue weighted by Gasteiger charge is 2.35. The number of aliphatic carboxylic acids is 1. The third-order valence-corrected chi connectivity index (χ3v) is 5.28. The van der Waals surface area contributed by atoms with Gasteiger partial charge >= 0.3 is 5.97 Å². The van der Waals surface area contributed by atoms with E-state index in [4.69, 9.17) is 19.3 Å². The molecule has 1 aromatic rings. The summed E-state index contributed by atoms with van der Waals surface area (Å²) in [6.45, 7) is 2.88. The minimum atomic E-state index is -0.789. The number of morpholine rings is 1. The van der Waals surface area contributed by atoms with Gasteiger partial charge in [0.2, 0.25) is 0 Å². The fourth-order valence-corrected chi connectivity index (χ4v) is 3.68. The monoisotopic (exact) mass is 421 g/mol. The van der Waals surface area contributed by atoms with Crippen LogP contribution in [-0.4, -0.2) is 60.7 Å². The minimum absolute atomic E-state index is 0. The molecule has 1 aromatic carbocycles. The highest BCUT2D eigenvalue weighted by atomic mass is 35.5. The number of hydrogen-bond acceptors (Lipinski definition) is 6. The molecule has 3 atom stereocenters. The molecule has 1 N–H and O–H groups in total. The summed E-state index contributed by atoms with van der Waals surface area (Å²) in [6, 6.07) is 7.54. The molecular weight excluding hydrogens is 398 g/mol. The molecule has 1 saturated heterocycles. The number of rotatable bonds is 6. The van der Waals surface area contributed by atoms with Crippen molar-refractivity contribution in [2.24, 2.45) is 5.92 Å². The lowest BCUT2D eigenvalue weighted by atomic mass is 9.89. The first-order valence-electron chi connectivity index (χ1n) is 9.46. The molecule has 4 rings (SSSR count). The number of ketones is 1. The number of nitrogens with zero attached hydrogens (tertiary/aromatic N) is 1. The number of fused-ring (bicyclic) bond motifs is 1. The molecule has 7 nitrogen and oxygen atoms in total. The van der Waals surface area contributed by atoms with E-state index in [9.17, 15) is 9.59 Å². The lowest BCUT2D eigenvalue weighted by Crippen LogP contribution is -2.39. The van der Waals surface area contributed by atoms with Gasteiger partial charge in [-0.3, -0.25) is 14.5 Å². The van der Waals surface area contributed by atoms with Crippen molar-refractivity contribution < 1.29 is 28.9 Å². The van der Waals surface area contributed by atoms with Crippen LogP contribution in [0.1, 0.15) is 18.1 Å². The Labute approximate surface area is 175 Å². The largest absolute Gasteiger partial charge is 0.500 e. The Balaban J connectivity index is 0.00000240. The van der Waals surface area contributed by atoms with E-state index < -0.39 is 12.1 Å². The van der Waals surface area contributed by atoms with E-state index in [1.807, 2.05) is 30.3 Å². The first-order valence-corrected chi connectivity index (χ1v) is 9.46. The molecule has 1 aliphatic carbocycles. The number of carboxylic acids is 1. The number of ether oxygens (including phenoxy) is 3. The molecule has 0 radical (unpaired) electrons. The second kappa shape index (κ2) is 9.43. The molecule has 156 valence electrons. The van der Waals surface area contributed by atoms with Gasteiger partial charge in [-0.1, -0.05) is 18.2 Å². The van der Waals surface area contributed by atoms with Gasteiger partial charge in [0.15, 0.2) is 11.9 Å². The predicted molar refractivity (Wildman–Crippen MR) is 107 cm³/mol. The summed E-state index contributed by atoms with van der Waals surface area (Å²) in [5.41, 5.74) is 1.91. The third-order valence-electron chi connectivity index (χ3n) is 5.28. The summed E-state index contributed by atoms with van der Waals surface area (Å²) in [7, 11) is 0. The zero-order valence-corrected chi connectivity index (χ0v) is 16.7. The van der Waals surface area contributed by atoms with Crippen LogP contribution in [0.2, 0.25) is 0 Å². The number of benzene rings is 1. The summed E-state index contributed by atoms with van der Waals surface area (Å²) < 4.78 is 17.0. The first-order chi connectivity index (χ1) is 13.6. The van der Waals surface area contributed by atoms with Crippen LogP contribution in [-0.2, 0) is 19.1 Å². The van der Waals surface area contributed by atoms with Crippen molar-refractivity contribution in [2.45, 2.75) is 18.6 Å². The fraction of sp³-hybridized carbons (Fsp3) is 0.429. The van der Waals surface area contributed by atoms with Crippen molar-refractivity contribution in [3.63, 3.8) is 0 Å². The van der Waals surface area contributed by atoms with Gasteiger partial charge in [0.25, 0.3) is 0 Å². The molecule has 8 heteroatoms. The maximum atomic E-state index is 12.5. The molecule has 0 spiro atoms. The van der Waals surface area contributed by atoms with E-state index in [0.717, 1.165) is 17.7 Å². The Morgan fingerprint density at radius 3 is 2.83 bits per heavy atom. The second-order valence-electron chi connectivity index (χ2n) is 7.18. The van der Waals surface area contributed by atoms with Crippen molar-refractivity contribution in [3.05, 3.63) is 53.8 Å². The van der Waals surface area contributed by atoms with E-state index in [1.165, 1.54) is 0 Å². The van der Waals surface area contributed by atoms with Gasteiger partial charge in [-0.25, -0.2) is 0 Å². The van der Waals surface area contributed by atoms with Gasteiger partial charge in [-0.2, -0.15) is 0 Å². The maximum absolute atomic E-state index is 12.5. The number of Topliss-reactive ketones (excluding diaryl/α,β-unsaturated/α-hetero) is 1. The first kappa shape index (κ1) is 21.4. The van der Waals surface area contributed by atoms with Crippen LogP contribution in [0.3, 0.4) is 0 Å². The Hall–Kier alpha value is -2.35. The molecule has 3 aliphatic rings. The number of hydrogen-bond donors (Lipinski definition) is 1. The number of halogens is 1. The van der Waals surface area contributed by atoms with Crippen LogP contribution in [0.5, 0.6) is 5.75 Å². The molecule has 29 heavy (non-hydrogen) atoms. The van der Waals surface area contributed by atoms with Gasteiger partial charge in [0.05, 0.1) is 31.3 Å². The highest BCUT2D eigenvalue weighted by molar-refractivity contribution is 5.92. The summed E-state index contributed by atoms with van der Waals surface area (Å²) >= 11 is 0. The van der Waals surface area contributed by atoms with Crippen LogP contribution < -0.4 is 4.74 Å². The van der Waals surface area contributed by atoms with E-state index in [2.05, 4.69) is 4.90 Å². The van der Waals surface area contributed by atoms with Crippen molar-refractivity contribution in [1.29, 1.82) is 0 Å². The van der Waals surface area contributed by atoms with Crippen LogP contribution in [0, 0.1) is 5.92 Å². The molecular formula is C21H24ClNO6. The number of carboxylic acid groups (broad SMARTS) is 1. The molecule has 0 aromatic heterocycles. The minimum Gasteiger partial charge on any atom is -0.500 e.